The highest BCUT2D eigenvalue weighted by atomic mass is 16.5. The fraction of sp³-hybridized carbons (Fsp3) is 1.00. The molecule has 2 saturated heterocycles. The van der Waals surface area contributed by atoms with Crippen molar-refractivity contribution >= 4 is 0 Å². The maximum Gasteiger partial charge on any atom is 0.0709 e. The van der Waals surface area contributed by atoms with E-state index in [1.54, 1.807) is 0 Å². The van der Waals surface area contributed by atoms with Crippen LogP contribution in [-0.2, 0) is 4.74 Å². The van der Waals surface area contributed by atoms with Crippen LogP contribution < -0.4 is 0 Å². The molecule has 2 heterocycles. The number of ether oxygens (including phenoxy) is 1. The molecule has 2 aliphatic rings. The number of hydroxylamine groups is 2. The van der Waals surface area contributed by atoms with Gasteiger partial charge in [0, 0.05) is 19.7 Å². The minimum atomic E-state index is 0.152. The largest absolute Gasteiger partial charge is 0.375 e. The summed E-state index contributed by atoms with van der Waals surface area (Å²) in [5.74, 6) is 0. The summed E-state index contributed by atoms with van der Waals surface area (Å²) in [5, 5.41) is 10.5. The topological polar surface area (TPSA) is 32.7 Å². The summed E-state index contributed by atoms with van der Waals surface area (Å²) in [5.41, 5.74) is 0.152. The fourth-order valence-electron chi connectivity index (χ4n) is 2.05. The lowest BCUT2D eigenvalue weighted by Gasteiger charge is -2.35. The van der Waals surface area contributed by atoms with E-state index in [0.29, 0.717) is 0 Å². The molecule has 0 aromatic heterocycles. The van der Waals surface area contributed by atoms with Crippen molar-refractivity contribution in [2.24, 2.45) is 0 Å². The number of piperidine rings is 1. The minimum absolute atomic E-state index is 0.152. The Morgan fingerprint density at radius 2 is 1.77 bits per heavy atom. The lowest BCUT2D eigenvalue weighted by Crippen LogP contribution is -2.42. The first-order valence-corrected chi connectivity index (χ1v) is 5.39. The van der Waals surface area contributed by atoms with Crippen LogP contribution in [0.4, 0.5) is 0 Å². The van der Waals surface area contributed by atoms with Crippen molar-refractivity contribution in [1.29, 1.82) is 0 Å². The Balaban J connectivity index is 0.000000396. The number of nitrogens with zero attached hydrogens (tertiary/aromatic N) is 1. The molecule has 0 aromatic rings. The summed E-state index contributed by atoms with van der Waals surface area (Å²) in [6, 6.07) is 0. The van der Waals surface area contributed by atoms with Gasteiger partial charge in [-0.3, -0.25) is 0 Å². The van der Waals surface area contributed by atoms with Gasteiger partial charge in [0.15, 0.2) is 0 Å². The molecule has 0 radical (unpaired) electrons. The monoisotopic (exact) mass is 187 g/mol. The van der Waals surface area contributed by atoms with Crippen molar-refractivity contribution in [2.75, 3.05) is 19.7 Å². The zero-order valence-electron chi connectivity index (χ0n) is 8.75. The molecule has 0 bridgehead atoms. The Morgan fingerprint density at radius 1 is 1.15 bits per heavy atom. The Bertz CT molecular complexity index is 134. The van der Waals surface area contributed by atoms with Crippen LogP contribution in [0.5, 0.6) is 0 Å². The molecule has 3 heteroatoms. The second-order valence-electron chi connectivity index (χ2n) is 3.59. The molecule has 0 saturated carbocycles. The Labute approximate surface area is 80.6 Å². The van der Waals surface area contributed by atoms with Crippen LogP contribution in [0.2, 0.25) is 0 Å². The molecule has 2 aliphatic heterocycles. The molecule has 0 aromatic carbocycles. The standard InChI is InChI=1S/C8H15NO2.C2H6/c10-9-5-3-8(4-6-9)2-1-7-11-8;1-2/h10H,1-7H2;1-2H3. The van der Waals surface area contributed by atoms with Crippen LogP contribution >= 0.6 is 0 Å². The van der Waals surface area contributed by atoms with E-state index in [1.165, 1.54) is 17.9 Å². The minimum Gasteiger partial charge on any atom is -0.375 e. The van der Waals surface area contributed by atoms with Crippen molar-refractivity contribution in [3.63, 3.8) is 0 Å². The van der Waals surface area contributed by atoms with Gasteiger partial charge in [-0.25, -0.2) is 0 Å². The fourth-order valence-corrected chi connectivity index (χ4v) is 2.05. The molecule has 3 nitrogen and oxygen atoms in total. The molecule has 0 unspecified atom stereocenters. The van der Waals surface area contributed by atoms with Gasteiger partial charge in [0.2, 0.25) is 0 Å². The van der Waals surface area contributed by atoms with E-state index in [0.717, 1.165) is 32.5 Å². The van der Waals surface area contributed by atoms with Gasteiger partial charge in [-0.05, 0) is 25.7 Å². The Kier molecular flexibility index (Phi) is 4.16. The SMILES string of the molecule is CC.ON1CCC2(CCCO2)CC1. The molecule has 2 rings (SSSR count). The normalized spacial score (nSPS) is 27.0. The highest BCUT2D eigenvalue weighted by Crippen LogP contribution is 2.34. The van der Waals surface area contributed by atoms with E-state index in [4.69, 9.17) is 9.94 Å². The molecule has 1 N–H and O–H groups in total. The van der Waals surface area contributed by atoms with E-state index < -0.39 is 0 Å². The van der Waals surface area contributed by atoms with Crippen molar-refractivity contribution in [2.45, 2.75) is 45.1 Å². The Hall–Kier alpha value is -0.120. The zero-order chi connectivity index (χ0) is 9.73. The average molecular weight is 187 g/mol. The predicted molar refractivity (Wildman–Crippen MR) is 51.9 cm³/mol. The maximum atomic E-state index is 9.13. The number of hydrogen-bond acceptors (Lipinski definition) is 3. The van der Waals surface area contributed by atoms with Gasteiger partial charge < -0.3 is 9.94 Å². The van der Waals surface area contributed by atoms with Gasteiger partial charge >= 0.3 is 0 Å². The lowest BCUT2D eigenvalue weighted by atomic mass is 9.89. The first-order chi connectivity index (χ1) is 6.31. The summed E-state index contributed by atoms with van der Waals surface area (Å²) >= 11 is 0. The smallest absolute Gasteiger partial charge is 0.0709 e. The third-order valence-electron chi connectivity index (χ3n) is 2.84. The molecular weight excluding hydrogens is 166 g/mol. The van der Waals surface area contributed by atoms with Gasteiger partial charge in [0.1, 0.15) is 0 Å². The summed E-state index contributed by atoms with van der Waals surface area (Å²) in [7, 11) is 0. The van der Waals surface area contributed by atoms with Crippen molar-refractivity contribution in [3.8, 4) is 0 Å². The van der Waals surface area contributed by atoms with Gasteiger partial charge in [-0.15, -0.1) is 0 Å². The number of hydrogen-bond donors (Lipinski definition) is 1. The molecule has 13 heavy (non-hydrogen) atoms. The van der Waals surface area contributed by atoms with E-state index in [1.807, 2.05) is 13.8 Å². The van der Waals surface area contributed by atoms with Crippen LogP contribution in [0.15, 0.2) is 0 Å². The van der Waals surface area contributed by atoms with Crippen molar-refractivity contribution in [1.82, 2.24) is 5.06 Å². The second-order valence-corrected chi connectivity index (χ2v) is 3.59. The summed E-state index contributed by atoms with van der Waals surface area (Å²) in [6.07, 6.45) is 4.40. The highest BCUT2D eigenvalue weighted by molar-refractivity contribution is 4.88. The maximum absolute atomic E-state index is 9.13. The number of rotatable bonds is 0. The van der Waals surface area contributed by atoms with E-state index in [-0.39, 0.29) is 5.60 Å². The van der Waals surface area contributed by atoms with Gasteiger partial charge in [0.25, 0.3) is 0 Å². The van der Waals surface area contributed by atoms with Crippen molar-refractivity contribution < 1.29 is 9.94 Å². The molecule has 0 atom stereocenters. The van der Waals surface area contributed by atoms with Gasteiger partial charge in [0.05, 0.1) is 5.60 Å². The van der Waals surface area contributed by atoms with Crippen LogP contribution in [0, 0.1) is 0 Å². The highest BCUT2D eigenvalue weighted by Gasteiger charge is 2.37. The van der Waals surface area contributed by atoms with Gasteiger partial charge in [-0.1, -0.05) is 13.8 Å². The molecule has 1 spiro atoms. The zero-order valence-corrected chi connectivity index (χ0v) is 8.75. The summed E-state index contributed by atoms with van der Waals surface area (Å²) in [6.45, 7) is 6.48. The summed E-state index contributed by atoms with van der Waals surface area (Å²) in [4.78, 5) is 0. The van der Waals surface area contributed by atoms with Crippen molar-refractivity contribution in [3.05, 3.63) is 0 Å². The van der Waals surface area contributed by atoms with E-state index >= 15 is 0 Å². The predicted octanol–water partition coefficient (Wildman–Crippen LogP) is 2.05. The lowest BCUT2D eigenvalue weighted by molar-refractivity contribution is -0.150. The van der Waals surface area contributed by atoms with Crippen LogP contribution in [0.3, 0.4) is 0 Å². The molecule has 2 fully saturated rings. The van der Waals surface area contributed by atoms with Crippen LogP contribution in [0.1, 0.15) is 39.5 Å². The average Bonchev–Trinajstić information content (AvgIpc) is 2.63. The van der Waals surface area contributed by atoms with E-state index in [2.05, 4.69) is 0 Å². The van der Waals surface area contributed by atoms with Crippen LogP contribution in [-0.4, -0.2) is 35.6 Å². The first-order valence-electron chi connectivity index (χ1n) is 5.39. The molecule has 0 aliphatic carbocycles. The molecular formula is C10H21NO2. The van der Waals surface area contributed by atoms with Gasteiger partial charge in [-0.2, -0.15) is 5.06 Å². The summed E-state index contributed by atoms with van der Waals surface area (Å²) < 4.78 is 5.69. The molecule has 0 amide bonds. The second kappa shape index (κ2) is 4.94. The molecule has 78 valence electrons. The quantitative estimate of drug-likeness (QED) is 0.630. The van der Waals surface area contributed by atoms with Crippen LogP contribution in [0.25, 0.3) is 0 Å². The third kappa shape index (κ3) is 2.66. The van der Waals surface area contributed by atoms with E-state index in [9.17, 15) is 0 Å². The first kappa shape index (κ1) is 11.0. The third-order valence-corrected chi connectivity index (χ3v) is 2.84. The Morgan fingerprint density at radius 3 is 2.23 bits per heavy atom.